The molecular formula is C14H18F3N. The van der Waals surface area contributed by atoms with Gasteiger partial charge in [-0.2, -0.15) is 0 Å². The van der Waals surface area contributed by atoms with Crippen LogP contribution in [0.3, 0.4) is 0 Å². The van der Waals surface area contributed by atoms with E-state index in [9.17, 15) is 13.2 Å². The number of benzene rings is 1. The van der Waals surface area contributed by atoms with Gasteiger partial charge in [0.05, 0.1) is 5.69 Å². The van der Waals surface area contributed by atoms with Gasteiger partial charge in [0.15, 0.2) is 11.6 Å². The Balaban J connectivity index is 2.22. The molecule has 1 saturated carbocycles. The number of anilines is 1. The number of hydrogen-bond donors (Lipinski definition) is 1. The zero-order chi connectivity index (χ0) is 13.3. The van der Waals surface area contributed by atoms with Gasteiger partial charge in [-0.25, -0.2) is 13.2 Å². The molecule has 0 bridgehead atoms. The van der Waals surface area contributed by atoms with Crippen LogP contribution >= 0.6 is 0 Å². The molecule has 2 rings (SSSR count). The molecule has 18 heavy (non-hydrogen) atoms. The topological polar surface area (TPSA) is 12.0 Å². The zero-order valence-corrected chi connectivity index (χ0v) is 10.6. The predicted octanol–water partition coefficient (Wildman–Crippen LogP) is 4.34. The average molecular weight is 257 g/mol. The van der Waals surface area contributed by atoms with Crippen molar-refractivity contribution in [3.8, 4) is 0 Å². The minimum Gasteiger partial charge on any atom is -0.379 e. The maximum absolute atomic E-state index is 13.6. The van der Waals surface area contributed by atoms with E-state index < -0.39 is 17.5 Å². The molecule has 0 aliphatic heterocycles. The third kappa shape index (κ3) is 2.62. The quantitative estimate of drug-likeness (QED) is 0.777. The molecule has 1 aliphatic carbocycles. The highest BCUT2D eigenvalue weighted by molar-refractivity contribution is 5.46. The summed E-state index contributed by atoms with van der Waals surface area (Å²) in [6.45, 7) is 4.17. The van der Waals surface area contributed by atoms with Crippen LogP contribution in [0, 0.1) is 29.3 Å². The molecule has 1 N–H and O–H groups in total. The molecule has 100 valence electrons. The summed E-state index contributed by atoms with van der Waals surface area (Å²) in [4.78, 5) is 0. The van der Waals surface area contributed by atoms with Gasteiger partial charge in [-0.3, -0.25) is 0 Å². The monoisotopic (exact) mass is 257 g/mol. The van der Waals surface area contributed by atoms with Crippen molar-refractivity contribution in [2.75, 3.05) is 5.32 Å². The van der Waals surface area contributed by atoms with Gasteiger partial charge in [-0.15, -0.1) is 0 Å². The Bertz CT molecular complexity index is 423. The van der Waals surface area contributed by atoms with E-state index in [0.717, 1.165) is 25.3 Å². The highest BCUT2D eigenvalue weighted by Crippen LogP contribution is 2.32. The fourth-order valence-electron chi connectivity index (χ4n) is 2.81. The van der Waals surface area contributed by atoms with Gasteiger partial charge < -0.3 is 5.32 Å². The van der Waals surface area contributed by atoms with Crippen molar-refractivity contribution < 1.29 is 13.2 Å². The molecule has 0 radical (unpaired) electrons. The maximum atomic E-state index is 13.6. The second-order valence-corrected chi connectivity index (χ2v) is 5.30. The second kappa shape index (κ2) is 5.21. The maximum Gasteiger partial charge on any atom is 0.182 e. The van der Waals surface area contributed by atoms with Crippen LogP contribution in [-0.4, -0.2) is 6.04 Å². The molecule has 0 spiro atoms. The Kier molecular flexibility index (Phi) is 3.83. The fourth-order valence-corrected chi connectivity index (χ4v) is 2.81. The fraction of sp³-hybridized carbons (Fsp3) is 0.571. The summed E-state index contributed by atoms with van der Waals surface area (Å²) in [5.41, 5.74) is -0.0712. The van der Waals surface area contributed by atoms with Gasteiger partial charge >= 0.3 is 0 Å². The summed E-state index contributed by atoms with van der Waals surface area (Å²) in [5.74, 6) is -2.15. The van der Waals surface area contributed by atoms with E-state index in [1.54, 1.807) is 0 Å². The van der Waals surface area contributed by atoms with E-state index in [1.165, 1.54) is 0 Å². The lowest BCUT2D eigenvalue weighted by atomic mass is 9.78. The van der Waals surface area contributed by atoms with Crippen molar-refractivity contribution in [2.24, 2.45) is 11.8 Å². The Morgan fingerprint density at radius 2 is 1.67 bits per heavy atom. The van der Waals surface area contributed by atoms with E-state index >= 15 is 0 Å². The first-order valence-electron chi connectivity index (χ1n) is 6.40. The van der Waals surface area contributed by atoms with E-state index in [-0.39, 0.29) is 11.7 Å². The van der Waals surface area contributed by atoms with E-state index in [1.807, 2.05) is 0 Å². The second-order valence-electron chi connectivity index (χ2n) is 5.30. The van der Waals surface area contributed by atoms with Crippen LogP contribution < -0.4 is 5.32 Å². The molecule has 0 saturated heterocycles. The lowest BCUT2D eigenvalue weighted by molar-refractivity contribution is 0.267. The first-order chi connectivity index (χ1) is 8.49. The van der Waals surface area contributed by atoms with Gasteiger partial charge in [0.2, 0.25) is 0 Å². The van der Waals surface area contributed by atoms with Crippen LogP contribution in [0.1, 0.15) is 33.1 Å². The first kappa shape index (κ1) is 13.2. The summed E-state index contributed by atoms with van der Waals surface area (Å²) < 4.78 is 39.8. The minimum absolute atomic E-state index is 0.0643. The van der Waals surface area contributed by atoms with Crippen LogP contribution in [0.25, 0.3) is 0 Å². The summed E-state index contributed by atoms with van der Waals surface area (Å²) in [5, 5.41) is 2.98. The summed E-state index contributed by atoms with van der Waals surface area (Å²) in [7, 11) is 0. The summed E-state index contributed by atoms with van der Waals surface area (Å²) >= 11 is 0. The molecule has 2 unspecified atom stereocenters. The van der Waals surface area contributed by atoms with Crippen molar-refractivity contribution in [3.63, 3.8) is 0 Å². The van der Waals surface area contributed by atoms with E-state index in [4.69, 9.17) is 0 Å². The van der Waals surface area contributed by atoms with Crippen LogP contribution in [0.15, 0.2) is 12.1 Å². The van der Waals surface area contributed by atoms with Crippen LogP contribution in [0.4, 0.5) is 18.9 Å². The molecular weight excluding hydrogens is 239 g/mol. The lowest BCUT2D eigenvalue weighted by Crippen LogP contribution is -2.37. The highest BCUT2D eigenvalue weighted by Gasteiger charge is 2.28. The van der Waals surface area contributed by atoms with Gasteiger partial charge in [-0.1, -0.05) is 20.3 Å². The highest BCUT2D eigenvalue weighted by atomic mass is 19.2. The SMILES string of the molecule is CC1CCCC(C)C1Nc1cc(F)cc(F)c1F. The molecule has 0 heterocycles. The minimum atomic E-state index is -1.14. The van der Waals surface area contributed by atoms with E-state index in [2.05, 4.69) is 19.2 Å². The first-order valence-corrected chi connectivity index (χ1v) is 6.40. The molecule has 1 fully saturated rings. The summed E-state index contributed by atoms with van der Waals surface area (Å²) in [6, 6.07) is 1.65. The van der Waals surface area contributed by atoms with Crippen molar-refractivity contribution in [3.05, 3.63) is 29.6 Å². The van der Waals surface area contributed by atoms with Crippen molar-refractivity contribution in [1.29, 1.82) is 0 Å². The Morgan fingerprint density at radius 3 is 2.28 bits per heavy atom. The van der Waals surface area contributed by atoms with Gasteiger partial charge in [-0.05, 0) is 24.7 Å². The summed E-state index contributed by atoms with van der Waals surface area (Å²) in [6.07, 6.45) is 3.27. The third-order valence-electron chi connectivity index (χ3n) is 3.86. The van der Waals surface area contributed by atoms with Crippen LogP contribution in [0.5, 0.6) is 0 Å². The molecule has 2 atom stereocenters. The van der Waals surface area contributed by atoms with Gasteiger partial charge in [0.25, 0.3) is 0 Å². The Labute approximate surface area is 105 Å². The molecule has 1 aromatic rings. The normalized spacial score (nSPS) is 28.2. The van der Waals surface area contributed by atoms with Gasteiger partial charge in [0, 0.05) is 18.2 Å². The number of hydrogen-bond acceptors (Lipinski definition) is 1. The molecule has 0 amide bonds. The van der Waals surface area contributed by atoms with Crippen LogP contribution in [-0.2, 0) is 0 Å². The molecule has 1 nitrogen and oxygen atoms in total. The molecule has 0 aromatic heterocycles. The Morgan fingerprint density at radius 1 is 1.06 bits per heavy atom. The number of nitrogens with one attached hydrogen (secondary N) is 1. The average Bonchev–Trinajstić information content (AvgIpc) is 2.30. The molecule has 1 aliphatic rings. The Hall–Kier alpha value is -1.19. The predicted molar refractivity (Wildman–Crippen MR) is 65.9 cm³/mol. The molecule has 1 aromatic carbocycles. The van der Waals surface area contributed by atoms with E-state index in [0.29, 0.717) is 17.9 Å². The van der Waals surface area contributed by atoms with Crippen LogP contribution in [0.2, 0.25) is 0 Å². The van der Waals surface area contributed by atoms with Crippen molar-refractivity contribution in [2.45, 2.75) is 39.2 Å². The third-order valence-corrected chi connectivity index (χ3v) is 3.86. The number of halogens is 3. The lowest BCUT2D eigenvalue weighted by Gasteiger charge is -2.36. The standard InChI is InChI=1S/C14H18F3N/c1-8-4-3-5-9(2)14(8)18-12-7-10(15)6-11(16)13(12)17/h6-9,14,18H,3-5H2,1-2H3. The molecule has 4 heteroatoms. The van der Waals surface area contributed by atoms with Crippen molar-refractivity contribution >= 4 is 5.69 Å². The number of rotatable bonds is 2. The smallest absolute Gasteiger partial charge is 0.182 e. The largest absolute Gasteiger partial charge is 0.379 e. The zero-order valence-electron chi connectivity index (χ0n) is 10.6. The van der Waals surface area contributed by atoms with Crippen molar-refractivity contribution in [1.82, 2.24) is 0 Å². The van der Waals surface area contributed by atoms with Gasteiger partial charge in [0.1, 0.15) is 5.82 Å².